The minimum absolute atomic E-state index is 0.00647. The summed E-state index contributed by atoms with van der Waals surface area (Å²) >= 11 is 0. The summed E-state index contributed by atoms with van der Waals surface area (Å²) in [4.78, 5) is 12.1. The maximum atomic E-state index is 7.50. The van der Waals surface area contributed by atoms with Gasteiger partial charge in [0, 0.05) is 24.7 Å². The first-order valence-corrected chi connectivity index (χ1v) is 11.0. The van der Waals surface area contributed by atoms with E-state index >= 15 is 0 Å². The number of rotatable bonds is 7. The fraction of sp³-hybridized carbons (Fsp3) is 0.458. The highest BCUT2D eigenvalue weighted by Gasteiger charge is 2.27. The molecule has 4 rings (SSSR count). The number of nitrogens with two attached hydrogens (primary N) is 1. The van der Waals surface area contributed by atoms with E-state index in [9.17, 15) is 0 Å². The zero-order valence-corrected chi connectivity index (χ0v) is 18.7. The standard InChI is InChI=1S/C24H33N7/c1-24(2,15-28-23(25)26)16-31-19-11-5-4-10-18(19)29-21(31)14-30(3)20-12-6-8-17-9-7-13-27-22(17)20/h4-5,7,9-11,13,20H,6,8,12,14-16H2,1-3H3,(H4,25,26,28). The van der Waals surface area contributed by atoms with Gasteiger partial charge in [-0.15, -0.1) is 0 Å². The number of imidazole rings is 1. The molecule has 7 nitrogen and oxygen atoms in total. The molecule has 0 aliphatic heterocycles. The quantitative estimate of drug-likeness (QED) is 0.403. The molecule has 2 aromatic heterocycles. The van der Waals surface area contributed by atoms with Crippen molar-refractivity contribution in [2.45, 2.75) is 52.2 Å². The van der Waals surface area contributed by atoms with Crippen LogP contribution >= 0.6 is 0 Å². The summed E-state index contributed by atoms with van der Waals surface area (Å²) in [5, 5.41) is 10.5. The SMILES string of the molecule is CN(Cc1nc2ccccc2n1CC(C)(C)CNC(=N)N)C1CCCc2cccnc21. The largest absolute Gasteiger partial charge is 0.370 e. The molecule has 0 fully saturated rings. The number of para-hydroxylation sites is 2. The van der Waals surface area contributed by atoms with Crippen LogP contribution in [-0.2, 0) is 19.5 Å². The Bertz CT molecular complexity index is 1070. The Morgan fingerprint density at radius 3 is 2.90 bits per heavy atom. The first-order valence-electron chi connectivity index (χ1n) is 11.0. The van der Waals surface area contributed by atoms with Crippen molar-refractivity contribution in [3.63, 3.8) is 0 Å². The van der Waals surface area contributed by atoms with Crippen LogP contribution in [0.3, 0.4) is 0 Å². The van der Waals surface area contributed by atoms with Crippen LogP contribution in [0.4, 0.5) is 0 Å². The van der Waals surface area contributed by atoms with Gasteiger partial charge in [0.05, 0.1) is 29.3 Å². The Balaban J connectivity index is 1.62. The molecule has 7 heteroatoms. The lowest BCUT2D eigenvalue weighted by molar-refractivity contribution is 0.198. The molecule has 1 aliphatic carbocycles. The third-order valence-corrected chi connectivity index (χ3v) is 6.17. The molecule has 1 atom stereocenters. The van der Waals surface area contributed by atoms with Crippen LogP contribution < -0.4 is 11.1 Å². The molecule has 2 heterocycles. The molecule has 31 heavy (non-hydrogen) atoms. The highest BCUT2D eigenvalue weighted by molar-refractivity contribution is 5.76. The molecular formula is C24H33N7. The van der Waals surface area contributed by atoms with Gasteiger partial charge in [0.1, 0.15) is 5.82 Å². The second kappa shape index (κ2) is 8.67. The van der Waals surface area contributed by atoms with E-state index in [-0.39, 0.29) is 11.4 Å². The summed E-state index contributed by atoms with van der Waals surface area (Å²) in [6.45, 7) is 6.55. The molecule has 0 saturated heterocycles. The number of hydrogen-bond acceptors (Lipinski definition) is 4. The van der Waals surface area contributed by atoms with E-state index in [1.807, 2.05) is 18.3 Å². The van der Waals surface area contributed by atoms with Crippen molar-refractivity contribution in [2.75, 3.05) is 13.6 Å². The number of guanidine groups is 1. The van der Waals surface area contributed by atoms with Crippen LogP contribution in [0.2, 0.25) is 0 Å². The Hall–Kier alpha value is -2.93. The van der Waals surface area contributed by atoms with Crippen molar-refractivity contribution < 1.29 is 0 Å². The van der Waals surface area contributed by atoms with Crippen LogP contribution in [0.25, 0.3) is 11.0 Å². The van der Waals surface area contributed by atoms with Crippen LogP contribution in [0, 0.1) is 10.8 Å². The van der Waals surface area contributed by atoms with Gasteiger partial charge < -0.3 is 15.6 Å². The highest BCUT2D eigenvalue weighted by Crippen LogP contribution is 2.33. The number of aryl methyl sites for hydroxylation is 1. The molecular weight excluding hydrogens is 386 g/mol. The third kappa shape index (κ3) is 4.71. The summed E-state index contributed by atoms with van der Waals surface area (Å²) in [6, 6.07) is 12.9. The van der Waals surface area contributed by atoms with E-state index in [0.29, 0.717) is 12.6 Å². The Morgan fingerprint density at radius 1 is 1.29 bits per heavy atom. The van der Waals surface area contributed by atoms with Crippen molar-refractivity contribution >= 4 is 17.0 Å². The van der Waals surface area contributed by atoms with Crippen LogP contribution in [0.5, 0.6) is 0 Å². The predicted molar refractivity (Wildman–Crippen MR) is 125 cm³/mol. The number of nitrogens with zero attached hydrogens (tertiary/aromatic N) is 4. The molecule has 4 N–H and O–H groups in total. The van der Waals surface area contributed by atoms with Crippen molar-refractivity contribution in [2.24, 2.45) is 11.1 Å². The van der Waals surface area contributed by atoms with E-state index in [1.54, 1.807) is 0 Å². The van der Waals surface area contributed by atoms with Crippen molar-refractivity contribution in [1.82, 2.24) is 24.8 Å². The minimum Gasteiger partial charge on any atom is -0.370 e. The molecule has 1 aliphatic rings. The van der Waals surface area contributed by atoms with Gasteiger partial charge in [0.25, 0.3) is 0 Å². The fourth-order valence-corrected chi connectivity index (χ4v) is 4.59. The zero-order valence-electron chi connectivity index (χ0n) is 18.7. The fourth-order valence-electron chi connectivity index (χ4n) is 4.59. The van der Waals surface area contributed by atoms with Crippen molar-refractivity contribution in [3.05, 3.63) is 59.7 Å². The number of benzene rings is 1. The van der Waals surface area contributed by atoms with Gasteiger partial charge in [-0.2, -0.15) is 0 Å². The lowest BCUT2D eigenvalue weighted by Gasteiger charge is -2.33. The maximum Gasteiger partial charge on any atom is 0.185 e. The van der Waals surface area contributed by atoms with E-state index in [4.69, 9.17) is 21.1 Å². The zero-order chi connectivity index (χ0) is 22.0. The summed E-state index contributed by atoms with van der Waals surface area (Å²) in [5.74, 6) is 1.06. The van der Waals surface area contributed by atoms with Crippen molar-refractivity contribution in [3.8, 4) is 0 Å². The predicted octanol–water partition coefficient (Wildman–Crippen LogP) is 3.45. The minimum atomic E-state index is -0.0958. The van der Waals surface area contributed by atoms with Crippen LogP contribution in [0.1, 0.15) is 49.8 Å². The Morgan fingerprint density at radius 2 is 2.10 bits per heavy atom. The van der Waals surface area contributed by atoms with Gasteiger partial charge >= 0.3 is 0 Å². The molecule has 1 aromatic carbocycles. The highest BCUT2D eigenvalue weighted by atomic mass is 15.2. The lowest BCUT2D eigenvalue weighted by Crippen LogP contribution is -2.40. The first kappa shape index (κ1) is 21.3. The summed E-state index contributed by atoms with van der Waals surface area (Å²) in [7, 11) is 2.18. The number of aromatic nitrogens is 3. The smallest absolute Gasteiger partial charge is 0.185 e. The molecule has 0 saturated carbocycles. The number of nitrogens with one attached hydrogen (secondary N) is 2. The van der Waals surface area contributed by atoms with Crippen LogP contribution in [-0.4, -0.2) is 39.0 Å². The van der Waals surface area contributed by atoms with Gasteiger partial charge in [-0.25, -0.2) is 4.98 Å². The monoisotopic (exact) mass is 419 g/mol. The summed E-state index contributed by atoms with van der Waals surface area (Å²) in [6.07, 6.45) is 5.33. The summed E-state index contributed by atoms with van der Waals surface area (Å²) < 4.78 is 2.33. The first-order chi connectivity index (χ1) is 14.8. The van der Waals surface area contributed by atoms with E-state index in [0.717, 1.165) is 42.8 Å². The van der Waals surface area contributed by atoms with Gasteiger partial charge in [0.2, 0.25) is 0 Å². The normalized spacial score (nSPS) is 16.5. The lowest BCUT2D eigenvalue weighted by atomic mass is 9.91. The topological polar surface area (TPSA) is 95.9 Å². The van der Waals surface area contributed by atoms with Gasteiger partial charge in [-0.1, -0.05) is 32.0 Å². The van der Waals surface area contributed by atoms with E-state index in [1.165, 1.54) is 17.7 Å². The van der Waals surface area contributed by atoms with E-state index in [2.05, 4.69) is 59.9 Å². The maximum absolute atomic E-state index is 7.50. The Labute approximate surface area is 184 Å². The molecule has 3 aromatic rings. The summed E-state index contributed by atoms with van der Waals surface area (Å²) in [5.41, 5.74) is 10.2. The van der Waals surface area contributed by atoms with Crippen LogP contribution in [0.15, 0.2) is 42.6 Å². The second-order valence-corrected chi connectivity index (χ2v) is 9.41. The van der Waals surface area contributed by atoms with Gasteiger partial charge in [0.15, 0.2) is 5.96 Å². The Kier molecular flexibility index (Phi) is 5.96. The van der Waals surface area contributed by atoms with Crippen molar-refractivity contribution in [1.29, 1.82) is 5.41 Å². The third-order valence-electron chi connectivity index (χ3n) is 6.17. The molecule has 1 unspecified atom stereocenters. The van der Waals surface area contributed by atoms with Gasteiger partial charge in [-0.05, 0) is 50.1 Å². The second-order valence-electron chi connectivity index (χ2n) is 9.41. The molecule has 0 spiro atoms. The molecule has 0 bridgehead atoms. The number of fused-ring (bicyclic) bond motifs is 2. The van der Waals surface area contributed by atoms with Gasteiger partial charge in [-0.3, -0.25) is 15.3 Å². The number of hydrogen-bond donors (Lipinski definition) is 3. The molecule has 0 radical (unpaired) electrons. The molecule has 0 amide bonds. The average molecular weight is 420 g/mol. The average Bonchev–Trinajstić information content (AvgIpc) is 3.08. The molecule has 164 valence electrons. The van der Waals surface area contributed by atoms with E-state index < -0.39 is 0 Å². The number of pyridine rings is 1.